The van der Waals surface area contributed by atoms with Gasteiger partial charge in [0.25, 0.3) is 0 Å². The molecule has 1 amide bonds. The maximum Gasteiger partial charge on any atom is 0.490 e. The fourth-order valence-corrected chi connectivity index (χ4v) is 1.87. The van der Waals surface area contributed by atoms with Gasteiger partial charge in [-0.05, 0) is 26.9 Å². The number of hydrogen-bond acceptors (Lipinski definition) is 3. The average Bonchev–Trinajstić information content (AvgIpc) is 2.66. The first-order valence-electron chi connectivity index (χ1n) is 5.31. The Bertz CT molecular complexity index is 310. The predicted octanol–water partition coefficient (Wildman–Crippen LogP) is 0.979. The van der Waals surface area contributed by atoms with Crippen molar-refractivity contribution in [3.05, 3.63) is 0 Å². The molecule has 0 atom stereocenters. The zero-order valence-electron chi connectivity index (χ0n) is 10.3. The number of carbonyl (C=O) groups is 2. The number of carboxylic acids is 1. The van der Waals surface area contributed by atoms with Gasteiger partial charge in [0, 0.05) is 0 Å². The summed E-state index contributed by atoms with van der Waals surface area (Å²) in [6.45, 7) is 0. The number of primary amides is 1. The standard InChI is InChI=1S/C8H16N2O.C2HF3O2/c1-10(2)8(7(9)11)5-3-4-6-8;3-2(4,5)1(6)7/h3-6H2,1-2H3,(H2,9,11);(H,6,7). The van der Waals surface area contributed by atoms with Crippen LogP contribution in [0.15, 0.2) is 0 Å². The molecule has 0 radical (unpaired) electrons. The first kappa shape index (κ1) is 16.7. The zero-order chi connectivity index (χ0) is 14.6. The first-order chi connectivity index (χ1) is 8.04. The molecule has 1 saturated carbocycles. The third-order valence-electron chi connectivity index (χ3n) is 2.99. The molecule has 5 nitrogen and oxygen atoms in total. The summed E-state index contributed by atoms with van der Waals surface area (Å²) >= 11 is 0. The second kappa shape index (κ2) is 6.03. The Hall–Kier alpha value is -1.31. The van der Waals surface area contributed by atoms with Crippen LogP contribution in [0.25, 0.3) is 0 Å². The fraction of sp³-hybridized carbons (Fsp3) is 0.800. The van der Waals surface area contributed by atoms with Gasteiger partial charge in [0.15, 0.2) is 0 Å². The summed E-state index contributed by atoms with van der Waals surface area (Å²) in [6, 6.07) is 0. The lowest BCUT2D eigenvalue weighted by Crippen LogP contribution is -2.52. The minimum atomic E-state index is -5.08. The van der Waals surface area contributed by atoms with E-state index in [0.29, 0.717) is 0 Å². The van der Waals surface area contributed by atoms with E-state index in [1.165, 1.54) is 0 Å². The number of rotatable bonds is 2. The van der Waals surface area contributed by atoms with E-state index in [9.17, 15) is 18.0 Å². The largest absolute Gasteiger partial charge is 0.490 e. The Morgan fingerprint density at radius 2 is 1.56 bits per heavy atom. The van der Waals surface area contributed by atoms with Crippen LogP contribution >= 0.6 is 0 Å². The third-order valence-corrected chi connectivity index (χ3v) is 2.99. The third kappa shape index (κ3) is 4.17. The molecule has 3 N–H and O–H groups in total. The quantitative estimate of drug-likeness (QED) is 0.783. The molecule has 0 heterocycles. The van der Waals surface area contributed by atoms with E-state index >= 15 is 0 Å². The molecule has 1 aliphatic rings. The van der Waals surface area contributed by atoms with Crippen LogP contribution < -0.4 is 5.73 Å². The fourth-order valence-electron chi connectivity index (χ4n) is 1.87. The molecule has 0 saturated heterocycles. The second-order valence-electron chi connectivity index (χ2n) is 4.30. The van der Waals surface area contributed by atoms with Crippen LogP contribution in [0.4, 0.5) is 13.2 Å². The summed E-state index contributed by atoms with van der Waals surface area (Å²) in [7, 11) is 3.85. The number of alkyl halides is 3. The molecule has 0 aromatic heterocycles. The van der Waals surface area contributed by atoms with Gasteiger partial charge < -0.3 is 10.8 Å². The van der Waals surface area contributed by atoms with Crippen LogP contribution in [0.1, 0.15) is 25.7 Å². The summed E-state index contributed by atoms with van der Waals surface area (Å²) in [4.78, 5) is 22.0. The van der Waals surface area contributed by atoms with Crippen LogP contribution in [-0.4, -0.2) is 47.7 Å². The molecule has 18 heavy (non-hydrogen) atoms. The van der Waals surface area contributed by atoms with Gasteiger partial charge in [-0.25, -0.2) is 4.79 Å². The molecule has 8 heteroatoms. The Morgan fingerprint density at radius 1 is 1.22 bits per heavy atom. The van der Waals surface area contributed by atoms with Crippen molar-refractivity contribution >= 4 is 11.9 Å². The van der Waals surface area contributed by atoms with Gasteiger partial charge in [0.2, 0.25) is 5.91 Å². The van der Waals surface area contributed by atoms with Crippen molar-refractivity contribution in [1.29, 1.82) is 0 Å². The number of halogens is 3. The average molecular weight is 270 g/mol. The molecule has 1 fully saturated rings. The minimum Gasteiger partial charge on any atom is -0.475 e. The van der Waals surface area contributed by atoms with Crippen molar-refractivity contribution < 1.29 is 27.9 Å². The summed E-state index contributed by atoms with van der Waals surface area (Å²) in [5, 5.41) is 7.12. The number of nitrogens with two attached hydrogens (primary N) is 1. The number of carboxylic acid groups (broad SMARTS) is 1. The van der Waals surface area contributed by atoms with Crippen LogP contribution in [0.2, 0.25) is 0 Å². The molecule has 0 aliphatic heterocycles. The smallest absolute Gasteiger partial charge is 0.475 e. The summed E-state index contributed by atoms with van der Waals surface area (Å²) in [6.07, 6.45) is -0.979. The Morgan fingerprint density at radius 3 is 1.67 bits per heavy atom. The van der Waals surface area contributed by atoms with Crippen molar-refractivity contribution in [3.8, 4) is 0 Å². The van der Waals surface area contributed by atoms with Crippen molar-refractivity contribution in [1.82, 2.24) is 4.90 Å². The van der Waals surface area contributed by atoms with Gasteiger partial charge >= 0.3 is 12.1 Å². The highest BCUT2D eigenvalue weighted by atomic mass is 19.4. The molecule has 1 aliphatic carbocycles. The highest BCUT2D eigenvalue weighted by molar-refractivity contribution is 5.84. The monoisotopic (exact) mass is 270 g/mol. The number of nitrogens with zero attached hydrogens (tertiary/aromatic N) is 1. The van der Waals surface area contributed by atoms with E-state index in [1.807, 2.05) is 19.0 Å². The van der Waals surface area contributed by atoms with Crippen molar-refractivity contribution in [2.45, 2.75) is 37.4 Å². The predicted molar refractivity (Wildman–Crippen MR) is 57.8 cm³/mol. The molecular weight excluding hydrogens is 253 g/mol. The first-order valence-corrected chi connectivity index (χ1v) is 5.31. The lowest BCUT2D eigenvalue weighted by Gasteiger charge is -2.32. The molecule has 0 unspecified atom stereocenters. The van der Waals surface area contributed by atoms with Gasteiger partial charge in [-0.2, -0.15) is 13.2 Å². The van der Waals surface area contributed by atoms with E-state index in [4.69, 9.17) is 15.6 Å². The molecule has 0 aromatic rings. The summed E-state index contributed by atoms with van der Waals surface area (Å²) in [5.41, 5.74) is 5.02. The molecule has 0 aromatic carbocycles. The maximum atomic E-state index is 11.1. The number of hydrogen-bond donors (Lipinski definition) is 2. The normalized spacial score (nSPS) is 18.1. The van der Waals surface area contributed by atoms with E-state index in [2.05, 4.69) is 0 Å². The van der Waals surface area contributed by atoms with Crippen LogP contribution in [0, 0.1) is 0 Å². The highest BCUT2D eigenvalue weighted by Gasteiger charge is 2.41. The zero-order valence-corrected chi connectivity index (χ0v) is 10.3. The Labute approximate surface area is 103 Å². The van der Waals surface area contributed by atoms with E-state index in [0.717, 1.165) is 25.7 Å². The lowest BCUT2D eigenvalue weighted by atomic mass is 9.95. The van der Waals surface area contributed by atoms with E-state index in [-0.39, 0.29) is 11.4 Å². The van der Waals surface area contributed by atoms with E-state index < -0.39 is 12.1 Å². The van der Waals surface area contributed by atoms with E-state index in [1.54, 1.807) is 0 Å². The second-order valence-corrected chi connectivity index (χ2v) is 4.30. The van der Waals surface area contributed by atoms with Crippen molar-refractivity contribution in [3.63, 3.8) is 0 Å². The minimum absolute atomic E-state index is 0.167. The summed E-state index contributed by atoms with van der Waals surface area (Å²) in [5.74, 6) is -2.92. The Kier molecular flexibility index (Phi) is 5.59. The molecule has 1 rings (SSSR count). The Balaban J connectivity index is 0.000000360. The maximum absolute atomic E-state index is 11.1. The van der Waals surface area contributed by atoms with Gasteiger partial charge in [-0.1, -0.05) is 12.8 Å². The number of carbonyl (C=O) groups excluding carboxylic acids is 1. The van der Waals surface area contributed by atoms with Gasteiger partial charge in [-0.3, -0.25) is 9.69 Å². The van der Waals surface area contributed by atoms with Crippen LogP contribution in [0.3, 0.4) is 0 Å². The molecule has 0 bridgehead atoms. The van der Waals surface area contributed by atoms with Crippen molar-refractivity contribution in [2.75, 3.05) is 14.1 Å². The van der Waals surface area contributed by atoms with Crippen LogP contribution in [0.5, 0.6) is 0 Å². The molecule has 0 spiro atoms. The van der Waals surface area contributed by atoms with Gasteiger partial charge in [0.05, 0.1) is 5.54 Å². The number of amides is 1. The van der Waals surface area contributed by atoms with Gasteiger partial charge in [0.1, 0.15) is 0 Å². The van der Waals surface area contributed by atoms with Gasteiger partial charge in [-0.15, -0.1) is 0 Å². The SMILES string of the molecule is CN(C)C1(C(N)=O)CCCC1.O=C(O)C(F)(F)F. The van der Waals surface area contributed by atoms with Crippen molar-refractivity contribution in [2.24, 2.45) is 5.73 Å². The molecular formula is C10H17F3N2O3. The van der Waals surface area contributed by atoms with Crippen LogP contribution in [-0.2, 0) is 9.59 Å². The summed E-state index contributed by atoms with van der Waals surface area (Å²) < 4.78 is 31.7. The highest BCUT2D eigenvalue weighted by Crippen LogP contribution is 2.33. The number of aliphatic carboxylic acids is 1. The number of likely N-dealkylation sites (N-methyl/N-ethyl adjacent to an activating group) is 1. The lowest BCUT2D eigenvalue weighted by molar-refractivity contribution is -0.192. The topological polar surface area (TPSA) is 83.6 Å². The molecule has 106 valence electrons.